The molecule has 2 saturated heterocycles. The normalized spacial score (nSPS) is 26.0. The Morgan fingerprint density at radius 2 is 1.18 bits per heavy atom. The molecule has 2 aliphatic heterocycles. The van der Waals surface area contributed by atoms with Crippen LogP contribution in [0.3, 0.4) is 0 Å². The van der Waals surface area contributed by atoms with Crippen molar-refractivity contribution >= 4 is 53.2 Å². The number of nitrogens with one attached hydrogen (secondary N) is 3. The molecule has 6 rings (SSSR count). The molecule has 1 aliphatic carbocycles. The Kier molecular flexibility index (Phi) is 24.7. The summed E-state index contributed by atoms with van der Waals surface area (Å²) in [6.07, 6.45) is 8.19. The number of nitrogens with zero attached hydrogens (tertiary/aromatic N) is 7. The van der Waals surface area contributed by atoms with E-state index in [1.54, 1.807) is 41.5 Å². The second-order valence-corrected chi connectivity index (χ2v) is 27.0. The molecule has 0 radical (unpaired) electrons. The lowest BCUT2D eigenvalue weighted by Crippen LogP contribution is -2.63. The number of cyclic esters (lactones) is 1. The first-order valence-corrected chi connectivity index (χ1v) is 32.3. The smallest absolute Gasteiger partial charge is 0.332 e. The second kappa shape index (κ2) is 31.0. The minimum Gasteiger partial charge on any atom is -0.450 e. The lowest BCUT2D eigenvalue weighted by atomic mass is 9.93. The average molecular weight is 1240 g/mol. The van der Waals surface area contributed by atoms with Crippen LogP contribution in [0, 0.1) is 29.6 Å². The molecule has 1 aromatic heterocycles. The summed E-state index contributed by atoms with van der Waals surface area (Å²) >= 11 is 0. The summed E-state index contributed by atoms with van der Waals surface area (Å²) in [5, 5.41) is 25.4. The molecule has 21 heteroatoms. The third-order valence-corrected chi connectivity index (χ3v) is 18.5. The summed E-state index contributed by atoms with van der Waals surface area (Å²) in [6, 6.07) is 6.82. The number of esters is 1. The summed E-state index contributed by atoms with van der Waals surface area (Å²) in [5.41, 5.74) is 1.15. The number of carbonyl (C=O) groups excluding carboxylic acids is 9. The van der Waals surface area contributed by atoms with E-state index in [1.807, 2.05) is 99.4 Å². The van der Waals surface area contributed by atoms with Crippen molar-refractivity contribution < 1.29 is 53.0 Å². The van der Waals surface area contributed by atoms with E-state index >= 15 is 28.8 Å². The van der Waals surface area contributed by atoms with Gasteiger partial charge >= 0.3 is 5.97 Å². The minimum absolute atomic E-state index is 0.00470. The summed E-state index contributed by atoms with van der Waals surface area (Å²) in [5.74, 6) is -8.78. The van der Waals surface area contributed by atoms with Crippen LogP contribution in [0.2, 0.25) is 0 Å². The molecule has 3 aliphatic rings. The van der Waals surface area contributed by atoms with Gasteiger partial charge in [0.15, 0.2) is 12.1 Å². The van der Waals surface area contributed by atoms with Crippen molar-refractivity contribution in [3.05, 3.63) is 78.1 Å². The molecule has 0 unspecified atom stereocenters. The highest BCUT2D eigenvalue weighted by Gasteiger charge is 2.48. The van der Waals surface area contributed by atoms with E-state index in [0.29, 0.717) is 36.4 Å². The Morgan fingerprint density at radius 3 is 1.75 bits per heavy atom. The van der Waals surface area contributed by atoms with Crippen molar-refractivity contribution in [3.8, 4) is 11.1 Å². The maximum Gasteiger partial charge on any atom is 0.332 e. The SMILES string of the molecule is CC[C@H](C)[C@@H]1NC(=O)[C@@H]2CCCN2C(=O)[C@H](Cc2cccc(-c3cnn(C4CCCC4)c3)c2)N(C)C(=O)[C@H](Cc2ccccc2)NC(=O)[C@H](C(C)C)N(C)C(=O)[C@@H]([C@@H](C)CC)OC(=O)[C@H](C(C)(C)O)N(C)C(=O)[C@H](CC(C)C)NC(=O)[C@H](C(C)C)N(C)C1=O. The zero-order valence-electron chi connectivity index (χ0n) is 55.7. The minimum atomic E-state index is -1.98. The molecule has 11 atom stereocenters. The van der Waals surface area contributed by atoms with E-state index in [1.165, 1.54) is 61.6 Å². The molecule has 3 fully saturated rings. The van der Waals surface area contributed by atoms with Gasteiger partial charge in [0.1, 0.15) is 42.3 Å². The highest BCUT2D eigenvalue weighted by molar-refractivity contribution is 5.99. The number of benzene rings is 2. The van der Waals surface area contributed by atoms with E-state index in [2.05, 4.69) is 16.0 Å². The number of hydrogen-bond acceptors (Lipinski definition) is 12. The number of rotatable bonds is 15. The molecule has 0 spiro atoms. The van der Waals surface area contributed by atoms with Crippen LogP contribution in [-0.2, 0) is 60.7 Å². The van der Waals surface area contributed by atoms with Gasteiger partial charge in [-0.05, 0) is 92.7 Å². The molecule has 1 saturated carbocycles. The average Bonchev–Trinajstić information content (AvgIpc) is 2.00. The van der Waals surface area contributed by atoms with E-state index in [9.17, 15) is 19.5 Å². The first kappa shape index (κ1) is 70.9. The van der Waals surface area contributed by atoms with E-state index in [-0.39, 0.29) is 38.1 Å². The van der Waals surface area contributed by atoms with Crippen LogP contribution in [0.4, 0.5) is 0 Å². The second-order valence-electron chi connectivity index (χ2n) is 27.0. The van der Waals surface area contributed by atoms with Gasteiger partial charge in [-0.25, -0.2) is 4.79 Å². The summed E-state index contributed by atoms with van der Waals surface area (Å²) < 4.78 is 8.16. The predicted molar refractivity (Wildman–Crippen MR) is 340 cm³/mol. The largest absolute Gasteiger partial charge is 0.450 e. The fourth-order valence-electron chi connectivity index (χ4n) is 13.1. The number of aliphatic hydroxyl groups is 1. The number of amides is 8. The summed E-state index contributed by atoms with van der Waals surface area (Å²) in [7, 11) is 5.71. The third kappa shape index (κ3) is 17.2. The lowest BCUT2D eigenvalue weighted by molar-refractivity contribution is -0.177. The molecule has 490 valence electrons. The fourth-order valence-corrected chi connectivity index (χ4v) is 13.1. The highest BCUT2D eigenvalue weighted by Crippen LogP contribution is 2.32. The van der Waals surface area contributed by atoms with E-state index < -0.39 is 137 Å². The molecule has 21 nitrogen and oxygen atoms in total. The van der Waals surface area contributed by atoms with Crippen molar-refractivity contribution in [2.45, 2.75) is 220 Å². The van der Waals surface area contributed by atoms with Gasteiger partial charge in [0.05, 0.1) is 17.8 Å². The molecule has 8 amide bonds. The molecule has 0 bridgehead atoms. The van der Waals surface area contributed by atoms with Gasteiger partial charge < -0.3 is 50.3 Å². The molecule has 4 N–H and O–H groups in total. The number of carbonyl (C=O) groups is 9. The van der Waals surface area contributed by atoms with Crippen LogP contribution in [0.5, 0.6) is 0 Å². The quantitative estimate of drug-likeness (QED) is 0.122. The number of hydrogen-bond donors (Lipinski definition) is 4. The van der Waals surface area contributed by atoms with Gasteiger partial charge in [-0.15, -0.1) is 0 Å². The summed E-state index contributed by atoms with van der Waals surface area (Å²) in [6.45, 7) is 20.7. The van der Waals surface area contributed by atoms with Crippen molar-refractivity contribution in [2.24, 2.45) is 29.6 Å². The first-order valence-electron chi connectivity index (χ1n) is 32.3. The molecular formula is C68H102N10O11. The Labute approximate surface area is 527 Å². The van der Waals surface area contributed by atoms with Crippen LogP contribution < -0.4 is 16.0 Å². The van der Waals surface area contributed by atoms with E-state index in [0.717, 1.165) is 41.7 Å². The predicted octanol–water partition coefficient (Wildman–Crippen LogP) is 6.35. The van der Waals surface area contributed by atoms with Gasteiger partial charge in [0.2, 0.25) is 41.4 Å². The maximum absolute atomic E-state index is 15.8. The molecule has 89 heavy (non-hydrogen) atoms. The van der Waals surface area contributed by atoms with Gasteiger partial charge in [0.25, 0.3) is 5.91 Å². The Hall–Kier alpha value is -7.16. The van der Waals surface area contributed by atoms with Gasteiger partial charge in [0, 0.05) is 65.3 Å². The maximum atomic E-state index is 15.8. The zero-order valence-corrected chi connectivity index (χ0v) is 55.7. The Morgan fingerprint density at radius 1 is 0.607 bits per heavy atom. The third-order valence-electron chi connectivity index (χ3n) is 18.5. The van der Waals surface area contributed by atoms with Crippen LogP contribution in [0.15, 0.2) is 67.0 Å². The van der Waals surface area contributed by atoms with Crippen molar-refractivity contribution in [2.75, 3.05) is 34.7 Å². The van der Waals surface area contributed by atoms with Crippen LogP contribution in [0.1, 0.15) is 158 Å². The first-order chi connectivity index (χ1) is 41.9. The molecule has 2 aromatic carbocycles. The Balaban J connectivity index is 1.51. The van der Waals surface area contributed by atoms with Gasteiger partial charge in [-0.1, -0.05) is 143 Å². The van der Waals surface area contributed by atoms with Crippen LogP contribution >= 0.6 is 0 Å². The summed E-state index contributed by atoms with van der Waals surface area (Å²) in [4.78, 5) is 143. The van der Waals surface area contributed by atoms with Crippen LogP contribution in [0.25, 0.3) is 11.1 Å². The molecule has 3 heterocycles. The molecular weight excluding hydrogens is 1130 g/mol. The number of likely N-dealkylation sites (N-methyl/N-ethyl adjacent to an activating group) is 4. The Bertz CT molecular complexity index is 2950. The zero-order chi connectivity index (χ0) is 65.9. The highest BCUT2D eigenvalue weighted by atomic mass is 16.6. The standard InChI is InChI=1S/C68H102N10O11/c1-17-43(9)54-65(85)74(14)55(41(5)6)60(80)70-50(34-40(3)4)63(83)76(16)58(68(11,12)88)67(87)89-57(44(10)18-2)66(86)75(15)56(42(7)8)61(81)71-51(36-45-26-20-19-21-27-45)62(82)73(13)53(64(84)77-33-25-32-52(77)59(79)72-54)37-46-28-24-29-47(35-46)48-38-69-78(39-48)49-30-22-23-31-49/h19-21,24,26-29,35,38-44,49-58,88H,17-18,22-23,25,30-34,36-37H2,1-16H3,(H,70,80)(H,71,81)(H,72,79)/t43-,44-,50-,51-,52-,53-,54-,55-,56-,57+,58+/m0/s1. The number of fused-ring (bicyclic) bond motifs is 1. The van der Waals surface area contributed by atoms with Crippen molar-refractivity contribution in [1.82, 2.24) is 50.2 Å². The van der Waals surface area contributed by atoms with Gasteiger partial charge in [-0.2, -0.15) is 5.10 Å². The van der Waals surface area contributed by atoms with Crippen LogP contribution in [-0.4, -0.2) is 187 Å². The van der Waals surface area contributed by atoms with E-state index in [4.69, 9.17) is 9.84 Å². The van der Waals surface area contributed by atoms with Crippen molar-refractivity contribution in [1.29, 1.82) is 0 Å². The lowest BCUT2D eigenvalue weighted by Gasteiger charge is -2.39. The fraction of sp³-hybridized carbons (Fsp3) is 0.647. The topological polar surface area (TPSA) is 253 Å². The van der Waals surface area contributed by atoms with Crippen molar-refractivity contribution in [3.63, 3.8) is 0 Å². The number of ether oxygens (including phenoxy) is 1. The molecule has 3 aromatic rings. The number of aromatic nitrogens is 2. The monoisotopic (exact) mass is 1230 g/mol. The van der Waals surface area contributed by atoms with Gasteiger partial charge in [-0.3, -0.25) is 43.0 Å².